The highest BCUT2D eigenvalue weighted by Gasteiger charge is 2.42. The zero-order chi connectivity index (χ0) is 28.9. The van der Waals surface area contributed by atoms with Crippen molar-refractivity contribution >= 4 is 29.4 Å². The molecule has 5 rings (SSSR count). The number of aromatic nitrogens is 1. The summed E-state index contributed by atoms with van der Waals surface area (Å²) in [7, 11) is 2.03. The van der Waals surface area contributed by atoms with Gasteiger partial charge in [-0.3, -0.25) is 4.79 Å². The fourth-order valence-corrected chi connectivity index (χ4v) is 5.61. The number of likely N-dealkylation sites (N-methyl/N-ethyl adjacent to an activating group) is 1. The van der Waals surface area contributed by atoms with E-state index in [0.717, 1.165) is 6.54 Å². The molecule has 2 atom stereocenters. The number of fused-ring (bicyclic) bond motifs is 2. The van der Waals surface area contributed by atoms with Crippen molar-refractivity contribution < 1.29 is 28.6 Å². The second-order valence-corrected chi connectivity index (χ2v) is 12.0. The summed E-state index contributed by atoms with van der Waals surface area (Å²) in [6, 6.07) is 3.68. The van der Waals surface area contributed by atoms with Crippen LogP contribution in [0.15, 0.2) is 18.2 Å². The molecule has 40 heavy (non-hydrogen) atoms. The molecule has 0 saturated carbocycles. The van der Waals surface area contributed by atoms with Crippen molar-refractivity contribution in [3.63, 3.8) is 0 Å². The molecule has 1 aromatic heterocycles. The van der Waals surface area contributed by atoms with Crippen LogP contribution in [0.4, 0.5) is 15.0 Å². The summed E-state index contributed by atoms with van der Waals surface area (Å²) in [6.45, 7) is 10.2. The Bertz CT molecular complexity index is 1310. The van der Waals surface area contributed by atoms with Gasteiger partial charge in [-0.2, -0.15) is 0 Å². The minimum Gasteiger partial charge on any atom is -0.507 e. The first-order valence-corrected chi connectivity index (χ1v) is 13.8. The Morgan fingerprint density at radius 3 is 2.60 bits per heavy atom. The first-order valence-electron chi connectivity index (χ1n) is 13.4. The van der Waals surface area contributed by atoms with Crippen LogP contribution in [-0.4, -0.2) is 107 Å². The van der Waals surface area contributed by atoms with E-state index < -0.39 is 23.6 Å². The molecule has 2 fully saturated rings. The molecule has 216 valence electrons. The van der Waals surface area contributed by atoms with Gasteiger partial charge in [-0.1, -0.05) is 17.7 Å². The SMILES string of the molecule is C[C@@H]1CN(c2nc(-c3c(O)cccc3F)c(Cl)c3c2C(=O)N2CCN(C(=O)OC(C)(C)C)C[C@@H]2CO3)CCN1C. The van der Waals surface area contributed by atoms with Crippen LogP contribution in [0.5, 0.6) is 11.5 Å². The molecule has 12 heteroatoms. The first-order chi connectivity index (χ1) is 18.9. The molecule has 4 heterocycles. The summed E-state index contributed by atoms with van der Waals surface area (Å²) in [6.07, 6.45) is -0.453. The number of phenols is 1. The number of carbonyl (C=O) groups is 2. The lowest BCUT2D eigenvalue weighted by Crippen LogP contribution is -2.58. The van der Waals surface area contributed by atoms with Crippen molar-refractivity contribution in [2.24, 2.45) is 0 Å². The molecule has 2 aromatic rings. The summed E-state index contributed by atoms with van der Waals surface area (Å²) in [5.74, 6) is -0.909. The maximum atomic E-state index is 15.0. The first kappa shape index (κ1) is 28.2. The van der Waals surface area contributed by atoms with Crippen LogP contribution < -0.4 is 9.64 Å². The minimum atomic E-state index is -0.697. The van der Waals surface area contributed by atoms with E-state index in [9.17, 15) is 14.7 Å². The Balaban J connectivity index is 1.58. The second kappa shape index (κ2) is 10.6. The average Bonchev–Trinajstić information content (AvgIpc) is 3.02. The average molecular weight is 576 g/mol. The van der Waals surface area contributed by atoms with Crippen molar-refractivity contribution in [2.45, 2.75) is 45.4 Å². The molecule has 1 N–H and O–H groups in total. The lowest BCUT2D eigenvalue weighted by molar-refractivity contribution is 0.000954. The van der Waals surface area contributed by atoms with E-state index in [-0.39, 0.29) is 65.0 Å². The topological polar surface area (TPSA) is 98.7 Å². The summed E-state index contributed by atoms with van der Waals surface area (Å²) in [4.78, 5) is 39.1. The summed E-state index contributed by atoms with van der Waals surface area (Å²) >= 11 is 6.81. The van der Waals surface area contributed by atoms with E-state index in [4.69, 9.17) is 26.1 Å². The number of aromatic hydroxyl groups is 1. The van der Waals surface area contributed by atoms with Gasteiger partial charge in [0.1, 0.15) is 45.9 Å². The highest BCUT2D eigenvalue weighted by atomic mass is 35.5. The van der Waals surface area contributed by atoms with Crippen molar-refractivity contribution in [1.82, 2.24) is 19.7 Å². The van der Waals surface area contributed by atoms with Crippen molar-refractivity contribution in [1.29, 1.82) is 0 Å². The quantitative estimate of drug-likeness (QED) is 0.577. The number of anilines is 1. The molecule has 0 bridgehead atoms. The molecule has 0 aliphatic carbocycles. The van der Waals surface area contributed by atoms with Crippen LogP contribution in [0, 0.1) is 5.82 Å². The number of ether oxygens (including phenoxy) is 2. The van der Waals surface area contributed by atoms with Gasteiger partial charge >= 0.3 is 6.09 Å². The van der Waals surface area contributed by atoms with E-state index >= 15 is 4.39 Å². The summed E-state index contributed by atoms with van der Waals surface area (Å²) in [5.41, 5.74) is -0.606. The fourth-order valence-electron chi connectivity index (χ4n) is 5.32. The van der Waals surface area contributed by atoms with Crippen LogP contribution in [0.2, 0.25) is 5.02 Å². The minimum absolute atomic E-state index is 0.000603. The maximum Gasteiger partial charge on any atom is 0.410 e. The zero-order valence-corrected chi connectivity index (χ0v) is 24.2. The number of benzene rings is 1. The molecule has 3 aliphatic rings. The fraction of sp³-hybridized carbons (Fsp3) is 0.536. The normalized spacial score (nSPS) is 21.9. The van der Waals surface area contributed by atoms with Gasteiger partial charge in [-0.15, -0.1) is 0 Å². The van der Waals surface area contributed by atoms with Crippen LogP contribution in [0.25, 0.3) is 11.3 Å². The van der Waals surface area contributed by atoms with Gasteiger partial charge in [0.2, 0.25) is 0 Å². The molecule has 0 unspecified atom stereocenters. The maximum absolute atomic E-state index is 15.0. The van der Waals surface area contributed by atoms with Gasteiger partial charge < -0.3 is 34.2 Å². The summed E-state index contributed by atoms with van der Waals surface area (Å²) in [5, 5.41) is 10.5. The highest BCUT2D eigenvalue weighted by molar-refractivity contribution is 6.35. The third kappa shape index (κ3) is 5.24. The van der Waals surface area contributed by atoms with Gasteiger partial charge in [-0.05, 0) is 46.9 Å². The van der Waals surface area contributed by atoms with Crippen molar-refractivity contribution in [2.75, 3.05) is 57.8 Å². The predicted octanol–water partition coefficient (Wildman–Crippen LogP) is 3.84. The number of hydrogen-bond acceptors (Lipinski definition) is 8. The van der Waals surface area contributed by atoms with Crippen LogP contribution in [0.1, 0.15) is 38.1 Å². The number of nitrogens with zero attached hydrogens (tertiary/aromatic N) is 5. The Morgan fingerprint density at radius 2 is 1.93 bits per heavy atom. The van der Waals surface area contributed by atoms with Crippen LogP contribution in [0.3, 0.4) is 0 Å². The molecule has 10 nitrogen and oxygen atoms in total. The second-order valence-electron chi connectivity index (χ2n) is 11.6. The highest BCUT2D eigenvalue weighted by Crippen LogP contribution is 2.46. The molecule has 1 aromatic carbocycles. The number of amides is 2. The molecule has 0 radical (unpaired) electrons. The third-order valence-corrected chi connectivity index (χ3v) is 7.94. The van der Waals surface area contributed by atoms with Crippen LogP contribution in [-0.2, 0) is 4.74 Å². The number of pyridine rings is 1. The van der Waals surface area contributed by atoms with E-state index in [0.29, 0.717) is 25.5 Å². The van der Waals surface area contributed by atoms with Crippen LogP contribution >= 0.6 is 11.6 Å². The van der Waals surface area contributed by atoms with Crippen molar-refractivity contribution in [3.05, 3.63) is 34.6 Å². The summed E-state index contributed by atoms with van der Waals surface area (Å²) < 4.78 is 26.8. The number of rotatable bonds is 2. The lowest BCUT2D eigenvalue weighted by atomic mass is 10.0. The Kier molecular flexibility index (Phi) is 7.47. The smallest absolute Gasteiger partial charge is 0.410 e. The van der Waals surface area contributed by atoms with Gasteiger partial charge in [-0.25, -0.2) is 14.2 Å². The molecule has 0 spiro atoms. The number of piperazine rings is 2. The number of hydrogen-bond donors (Lipinski definition) is 1. The Labute approximate surface area is 238 Å². The number of halogens is 2. The third-order valence-electron chi connectivity index (χ3n) is 7.59. The monoisotopic (exact) mass is 575 g/mol. The predicted molar refractivity (Wildman–Crippen MR) is 149 cm³/mol. The molecular formula is C28H35ClFN5O5. The van der Waals surface area contributed by atoms with E-state index in [1.54, 1.807) is 30.6 Å². The van der Waals surface area contributed by atoms with E-state index in [1.807, 2.05) is 11.9 Å². The lowest BCUT2D eigenvalue weighted by Gasteiger charge is -2.41. The van der Waals surface area contributed by atoms with Gasteiger partial charge in [0.25, 0.3) is 5.91 Å². The van der Waals surface area contributed by atoms with E-state index in [1.165, 1.54) is 18.2 Å². The van der Waals surface area contributed by atoms with Gasteiger partial charge in [0.05, 0.1) is 11.6 Å². The molecular weight excluding hydrogens is 541 g/mol. The van der Waals surface area contributed by atoms with Crippen molar-refractivity contribution in [3.8, 4) is 22.8 Å². The largest absolute Gasteiger partial charge is 0.507 e. The van der Waals surface area contributed by atoms with Gasteiger partial charge in [0, 0.05) is 45.3 Å². The number of phenolic OH excluding ortho intramolecular Hbond substituents is 1. The van der Waals surface area contributed by atoms with Gasteiger partial charge in [0.15, 0.2) is 5.75 Å². The zero-order valence-electron chi connectivity index (χ0n) is 23.4. The molecule has 3 aliphatic heterocycles. The van der Waals surface area contributed by atoms with E-state index in [2.05, 4.69) is 11.8 Å². The Morgan fingerprint density at radius 1 is 1.18 bits per heavy atom. The Hall–Kier alpha value is -3.31. The standard InChI is InChI=1S/C28H35ClFN5O5/c1-16-13-33(10-9-32(16)5)25-21-24(22(29)23(31-25)20-18(30)7-6-8-19(20)36)39-15-17-14-34(11-12-35(17)26(21)37)27(38)40-28(2,3)4/h6-8,16-17,36H,9-15H2,1-5H3/t16-,17-/m1/s1. The molecule has 2 saturated heterocycles. The number of carbonyl (C=O) groups excluding carboxylic acids is 2. The molecule has 2 amide bonds.